The van der Waals surface area contributed by atoms with Crippen LogP contribution in [0.15, 0.2) is 30.3 Å². The largest absolute Gasteiger partial charge is 0.467 e. The molecule has 0 saturated carbocycles. The number of methoxy groups -OCH3 is 1. The second-order valence-electron chi connectivity index (χ2n) is 6.49. The molecule has 1 aromatic rings. The summed E-state index contributed by atoms with van der Waals surface area (Å²) >= 11 is 0. The Balaban J connectivity index is 1.63. The Bertz CT molecular complexity index is 593. The number of aliphatic hydroxyl groups excluding tert-OH is 1. The second kappa shape index (κ2) is 7.84. The Hall–Kier alpha value is -2.12. The molecule has 3 unspecified atom stereocenters. The van der Waals surface area contributed by atoms with E-state index in [1.807, 2.05) is 30.3 Å². The summed E-state index contributed by atoms with van der Waals surface area (Å²) in [5, 5.41) is 10.1. The summed E-state index contributed by atoms with van der Waals surface area (Å²) in [7, 11) is 1.26. The summed E-state index contributed by atoms with van der Waals surface area (Å²) in [5.41, 5.74) is 0.924. The van der Waals surface area contributed by atoms with Crippen LogP contribution in [0.3, 0.4) is 0 Å². The van der Waals surface area contributed by atoms with Crippen molar-refractivity contribution in [1.29, 1.82) is 0 Å². The number of benzene rings is 1. The van der Waals surface area contributed by atoms with Gasteiger partial charge in [0.25, 0.3) is 0 Å². The molecule has 7 nitrogen and oxygen atoms in total. The van der Waals surface area contributed by atoms with E-state index in [1.54, 1.807) is 4.90 Å². The minimum absolute atomic E-state index is 0.208. The van der Waals surface area contributed by atoms with E-state index in [9.17, 15) is 14.7 Å². The average Bonchev–Trinajstić information content (AvgIpc) is 2.64. The molecule has 2 saturated heterocycles. The van der Waals surface area contributed by atoms with Crippen molar-refractivity contribution >= 4 is 12.1 Å². The highest BCUT2D eigenvalue weighted by Gasteiger charge is 2.45. The molecule has 0 radical (unpaired) electrons. The lowest BCUT2D eigenvalue weighted by atomic mass is 9.82. The van der Waals surface area contributed by atoms with E-state index in [0.717, 1.165) is 5.56 Å². The first-order valence-corrected chi connectivity index (χ1v) is 8.42. The van der Waals surface area contributed by atoms with Crippen LogP contribution in [0, 0.1) is 5.92 Å². The highest BCUT2D eigenvalue weighted by atomic mass is 16.6. The van der Waals surface area contributed by atoms with Gasteiger partial charge in [-0.2, -0.15) is 0 Å². The minimum atomic E-state index is -1.17. The van der Waals surface area contributed by atoms with Crippen LogP contribution in [0.2, 0.25) is 0 Å². The minimum Gasteiger partial charge on any atom is -0.467 e. The fraction of sp³-hybridized carbons (Fsp3) is 0.556. The van der Waals surface area contributed by atoms with E-state index in [1.165, 1.54) is 7.11 Å². The van der Waals surface area contributed by atoms with Crippen molar-refractivity contribution in [1.82, 2.24) is 4.90 Å². The van der Waals surface area contributed by atoms with Gasteiger partial charge in [-0.3, -0.25) is 4.90 Å². The number of amides is 1. The van der Waals surface area contributed by atoms with Gasteiger partial charge < -0.3 is 19.3 Å². The van der Waals surface area contributed by atoms with Crippen molar-refractivity contribution < 1.29 is 28.9 Å². The second-order valence-corrected chi connectivity index (χ2v) is 6.49. The van der Waals surface area contributed by atoms with Crippen LogP contribution in [0.5, 0.6) is 0 Å². The number of carbonyl (C=O) groups excluding carboxylic acids is 2. The van der Waals surface area contributed by atoms with E-state index in [0.29, 0.717) is 26.1 Å². The van der Waals surface area contributed by atoms with Gasteiger partial charge >= 0.3 is 12.1 Å². The van der Waals surface area contributed by atoms with E-state index in [-0.39, 0.29) is 30.7 Å². The van der Waals surface area contributed by atoms with Gasteiger partial charge in [0.15, 0.2) is 6.10 Å². The molecule has 7 heteroatoms. The maximum atomic E-state index is 12.5. The highest BCUT2D eigenvalue weighted by Crippen LogP contribution is 2.34. The van der Waals surface area contributed by atoms with Crippen molar-refractivity contribution in [3.63, 3.8) is 0 Å². The highest BCUT2D eigenvalue weighted by molar-refractivity contribution is 5.75. The number of hydrogen-bond acceptors (Lipinski definition) is 6. The van der Waals surface area contributed by atoms with E-state index < -0.39 is 12.1 Å². The number of hydrogen-bond donors (Lipinski definition) is 1. The van der Waals surface area contributed by atoms with Gasteiger partial charge in [0, 0.05) is 0 Å². The number of nitrogens with zero attached hydrogens (tertiary/aromatic N) is 1. The fourth-order valence-corrected chi connectivity index (χ4v) is 3.62. The topological polar surface area (TPSA) is 85.3 Å². The predicted octanol–water partition coefficient (Wildman–Crippen LogP) is 1.34. The van der Waals surface area contributed by atoms with Crippen LogP contribution in [-0.2, 0) is 25.6 Å². The maximum Gasteiger partial charge on any atom is 0.410 e. The molecule has 3 atom stereocenters. The van der Waals surface area contributed by atoms with E-state index >= 15 is 0 Å². The lowest BCUT2D eigenvalue weighted by Crippen LogP contribution is -2.60. The molecular formula is C18H23NO6. The standard InChI is InChI=1S/C18H23NO6/c1-23-17(21)16(20)13-7-14-10-24-11-15(8-13)19(14)18(22)25-9-12-5-3-2-4-6-12/h2-6,13-16,20H,7-11H2,1H3. The Kier molecular flexibility index (Phi) is 5.55. The first-order chi connectivity index (χ1) is 12.1. The molecule has 1 aromatic carbocycles. The molecule has 0 spiro atoms. The first kappa shape index (κ1) is 17.7. The number of morpholine rings is 1. The molecule has 1 N–H and O–H groups in total. The zero-order chi connectivity index (χ0) is 17.8. The number of carbonyl (C=O) groups is 2. The van der Waals surface area contributed by atoms with E-state index in [4.69, 9.17) is 9.47 Å². The number of rotatable bonds is 4. The molecule has 2 heterocycles. The Morgan fingerprint density at radius 3 is 2.48 bits per heavy atom. The molecule has 0 aromatic heterocycles. The van der Waals surface area contributed by atoms with Crippen LogP contribution in [0.25, 0.3) is 0 Å². The summed E-state index contributed by atoms with van der Waals surface area (Å²) in [6.45, 7) is 0.966. The summed E-state index contributed by atoms with van der Waals surface area (Å²) in [6, 6.07) is 9.08. The number of fused-ring (bicyclic) bond motifs is 2. The molecule has 1 amide bonds. The van der Waals surface area contributed by atoms with Crippen LogP contribution in [0.4, 0.5) is 4.79 Å². The van der Waals surface area contributed by atoms with Crippen LogP contribution in [0.1, 0.15) is 18.4 Å². The van der Waals surface area contributed by atoms with Gasteiger partial charge in [0.2, 0.25) is 0 Å². The lowest BCUT2D eigenvalue weighted by Gasteiger charge is -2.48. The summed E-state index contributed by atoms with van der Waals surface area (Å²) in [5.74, 6) is -0.881. The summed E-state index contributed by atoms with van der Waals surface area (Å²) in [4.78, 5) is 25.8. The Labute approximate surface area is 146 Å². The molecule has 0 aliphatic carbocycles. The Morgan fingerprint density at radius 1 is 1.24 bits per heavy atom. The smallest absolute Gasteiger partial charge is 0.410 e. The molecule has 136 valence electrons. The normalized spacial score (nSPS) is 26.6. The number of piperidine rings is 1. The third-order valence-electron chi connectivity index (χ3n) is 4.86. The van der Waals surface area contributed by atoms with Gasteiger partial charge in [0.05, 0.1) is 32.4 Å². The number of esters is 1. The molecule has 2 bridgehead atoms. The molecule has 2 aliphatic rings. The Morgan fingerprint density at radius 2 is 1.88 bits per heavy atom. The van der Waals surface area contributed by atoms with Gasteiger partial charge in [-0.15, -0.1) is 0 Å². The average molecular weight is 349 g/mol. The molecule has 2 aliphatic heterocycles. The molecule has 25 heavy (non-hydrogen) atoms. The van der Waals surface area contributed by atoms with Crippen LogP contribution < -0.4 is 0 Å². The molecule has 3 rings (SSSR count). The lowest BCUT2D eigenvalue weighted by molar-refractivity contribution is -0.158. The maximum absolute atomic E-state index is 12.5. The van der Waals surface area contributed by atoms with Gasteiger partial charge in [-0.25, -0.2) is 9.59 Å². The number of aliphatic hydroxyl groups is 1. The van der Waals surface area contributed by atoms with E-state index in [2.05, 4.69) is 4.74 Å². The van der Waals surface area contributed by atoms with Gasteiger partial charge in [0.1, 0.15) is 6.61 Å². The monoisotopic (exact) mass is 349 g/mol. The molecule has 2 fully saturated rings. The third-order valence-corrected chi connectivity index (χ3v) is 4.86. The van der Waals surface area contributed by atoms with Crippen LogP contribution >= 0.6 is 0 Å². The predicted molar refractivity (Wildman–Crippen MR) is 87.6 cm³/mol. The van der Waals surface area contributed by atoms with Gasteiger partial charge in [-0.1, -0.05) is 30.3 Å². The van der Waals surface area contributed by atoms with Crippen molar-refractivity contribution in [3.8, 4) is 0 Å². The fourth-order valence-electron chi connectivity index (χ4n) is 3.62. The van der Waals surface area contributed by atoms with Crippen molar-refractivity contribution in [2.45, 2.75) is 37.6 Å². The zero-order valence-corrected chi connectivity index (χ0v) is 14.2. The SMILES string of the molecule is COC(=O)C(O)C1CC2COCC(C1)N2C(=O)OCc1ccccc1. The van der Waals surface area contributed by atoms with Crippen molar-refractivity contribution in [2.24, 2.45) is 5.92 Å². The van der Waals surface area contributed by atoms with Crippen molar-refractivity contribution in [2.75, 3.05) is 20.3 Å². The first-order valence-electron chi connectivity index (χ1n) is 8.42. The number of ether oxygens (including phenoxy) is 3. The zero-order valence-electron chi connectivity index (χ0n) is 14.2. The summed E-state index contributed by atoms with van der Waals surface area (Å²) in [6.07, 6.45) is -0.593. The van der Waals surface area contributed by atoms with Crippen molar-refractivity contribution in [3.05, 3.63) is 35.9 Å². The quantitative estimate of drug-likeness (QED) is 0.826. The van der Waals surface area contributed by atoms with Crippen LogP contribution in [-0.4, -0.2) is 60.6 Å². The van der Waals surface area contributed by atoms with Gasteiger partial charge in [-0.05, 0) is 24.3 Å². The summed E-state index contributed by atoms with van der Waals surface area (Å²) < 4.78 is 15.6. The third kappa shape index (κ3) is 3.93. The molecular weight excluding hydrogens is 326 g/mol.